The molecule has 1 saturated heterocycles. The smallest absolute Gasteiger partial charge is 0.409 e. The van der Waals surface area contributed by atoms with Crippen LogP contribution in [0.2, 0.25) is 0 Å². The molecule has 0 aromatic heterocycles. The van der Waals surface area contributed by atoms with E-state index in [9.17, 15) is 4.79 Å². The van der Waals surface area contributed by atoms with Crippen molar-refractivity contribution in [3.05, 3.63) is 29.8 Å². The van der Waals surface area contributed by atoms with Gasteiger partial charge in [-0.1, -0.05) is 26.0 Å². The van der Waals surface area contributed by atoms with Crippen LogP contribution in [0, 0.1) is 5.92 Å². The molecular formula is C21H34N4O3. The molecule has 1 aliphatic heterocycles. The maximum absolute atomic E-state index is 11.8. The molecular weight excluding hydrogens is 356 g/mol. The van der Waals surface area contributed by atoms with E-state index in [0.29, 0.717) is 38.2 Å². The molecule has 0 bridgehead atoms. The molecule has 0 spiro atoms. The van der Waals surface area contributed by atoms with Gasteiger partial charge in [-0.3, -0.25) is 4.99 Å². The number of benzene rings is 1. The average Bonchev–Trinajstić information content (AvgIpc) is 2.71. The summed E-state index contributed by atoms with van der Waals surface area (Å²) in [6.45, 7) is 9.33. The zero-order chi connectivity index (χ0) is 20.4. The summed E-state index contributed by atoms with van der Waals surface area (Å²) in [5, 5.41) is 6.80. The second kappa shape index (κ2) is 11.4. The highest BCUT2D eigenvalue weighted by Gasteiger charge is 2.23. The summed E-state index contributed by atoms with van der Waals surface area (Å²) in [4.78, 5) is 17.9. The molecule has 1 fully saturated rings. The van der Waals surface area contributed by atoms with E-state index in [2.05, 4.69) is 41.6 Å². The van der Waals surface area contributed by atoms with Crippen LogP contribution in [0.1, 0.15) is 39.2 Å². The normalized spacial score (nSPS) is 15.5. The van der Waals surface area contributed by atoms with Gasteiger partial charge in [0.1, 0.15) is 5.75 Å². The highest BCUT2D eigenvalue weighted by molar-refractivity contribution is 5.80. The Balaban J connectivity index is 1.74. The molecule has 0 unspecified atom stereocenters. The topological polar surface area (TPSA) is 75.2 Å². The van der Waals surface area contributed by atoms with Crippen LogP contribution in [-0.2, 0) is 11.3 Å². The van der Waals surface area contributed by atoms with Gasteiger partial charge in [-0.05, 0) is 43.4 Å². The minimum atomic E-state index is -0.218. The fourth-order valence-electron chi connectivity index (χ4n) is 2.96. The third-order valence-electron chi connectivity index (χ3n) is 4.55. The summed E-state index contributed by atoms with van der Waals surface area (Å²) in [6, 6.07) is 8.42. The Bertz CT molecular complexity index is 623. The zero-order valence-corrected chi connectivity index (χ0v) is 17.5. The molecule has 156 valence electrons. The van der Waals surface area contributed by atoms with E-state index < -0.39 is 0 Å². The molecule has 2 N–H and O–H groups in total. The summed E-state index contributed by atoms with van der Waals surface area (Å²) in [7, 11) is 1.77. The van der Waals surface area contributed by atoms with E-state index in [4.69, 9.17) is 9.47 Å². The van der Waals surface area contributed by atoms with E-state index in [1.54, 1.807) is 11.9 Å². The third kappa shape index (κ3) is 7.29. The van der Waals surface area contributed by atoms with E-state index in [1.165, 1.54) is 0 Å². The highest BCUT2D eigenvalue weighted by Crippen LogP contribution is 2.14. The number of nitrogens with zero attached hydrogens (tertiary/aromatic N) is 2. The van der Waals surface area contributed by atoms with Crippen molar-refractivity contribution in [2.24, 2.45) is 10.9 Å². The Morgan fingerprint density at radius 1 is 1.25 bits per heavy atom. The number of guanidine groups is 1. The van der Waals surface area contributed by atoms with Crippen LogP contribution in [0.5, 0.6) is 5.75 Å². The first-order valence-electron chi connectivity index (χ1n) is 10.1. The van der Waals surface area contributed by atoms with Crippen molar-refractivity contribution in [3.8, 4) is 5.75 Å². The maximum atomic E-state index is 11.8. The number of nitrogens with one attached hydrogen (secondary N) is 2. The van der Waals surface area contributed by atoms with Crippen LogP contribution < -0.4 is 15.4 Å². The fourth-order valence-corrected chi connectivity index (χ4v) is 2.96. The first kappa shape index (κ1) is 21.9. The Morgan fingerprint density at radius 3 is 2.50 bits per heavy atom. The van der Waals surface area contributed by atoms with Crippen molar-refractivity contribution >= 4 is 12.1 Å². The van der Waals surface area contributed by atoms with Gasteiger partial charge in [0.25, 0.3) is 0 Å². The molecule has 28 heavy (non-hydrogen) atoms. The molecule has 0 aliphatic carbocycles. The van der Waals surface area contributed by atoms with Gasteiger partial charge in [0, 0.05) is 32.7 Å². The fraction of sp³-hybridized carbons (Fsp3) is 0.619. The van der Waals surface area contributed by atoms with Gasteiger partial charge < -0.3 is 25.0 Å². The SMILES string of the molecule is CCOC(=O)N1CCC(NC(=NC)NCc2ccc(OCC(C)C)cc2)CC1. The Labute approximate surface area is 168 Å². The van der Waals surface area contributed by atoms with Crippen LogP contribution in [0.25, 0.3) is 0 Å². The van der Waals surface area contributed by atoms with Crippen LogP contribution in [0.4, 0.5) is 4.79 Å². The number of aliphatic imine (C=N–C) groups is 1. The van der Waals surface area contributed by atoms with Gasteiger partial charge in [-0.25, -0.2) is 4.79 Å². The van der Waals surface area contributed by atoms with Crippen molar-refractivity contribution in [2.75, 3.05) is 33.4 Å². The second-order valence-corrected chi connectivity index (χ2v) is 7.38. The number of likely N-dealkylation sites (tertiary alicyclic amines) is 1. The summed E-state index contributed by atoms with van der Waals surface area (Å²) < 4.78 is 10.8. The lowest BCUT2D eigenvalue weighted by Crippen LogP contribution is -2.49. The molecule has 1 heterocycles. The van der Waals surface area contributed by atoms with Crippen LogP contribution in [0.15, 0.2) is 29.3 Å². The molecule has 0 saturated carbocycles. The monoisotopic (exact) mass is 390 g/mol. The lowest BCUT2D eigenvalue weighted by molar-refractivity contribution is 0.0963. The van der Waals surface area contributed by atoms with Gasteiger partial charge >= 0.3 is 6.09 Å². The molecule has 1 aromatic carbocycles. The molecule has 7 nitrogen and oxygen atoms in total. The number of piperidine rings is 1. The summed E-state index contributed by atoms with van der Waals surface area (Å²) in [6.07, 6.45) is 1.53. The summed E-state index contributed by atoms with van der Waals surface area (Å²) >= 11 is 0. The molecule has 1 amide bonds. The zero-order valence-electron chi connectivity index (χ0n) is 17.5. The number of carbonyl (C=O) groups excluding carboxylic acids is 1. The van der Waals surface area contributed by atoms with E-state index in [-0.39, 0.29) is 6.09 Å². The lowest BCUT2D eigenvalue weighted by atomic mass is 10.1. The minimum absolute atomic E-state index is 0.218. The largest absolute Gasteiger partial charge is 0.493 e. The second-order valence-electron chi connectivity index (χ2n) is 7.38. The lowest BCUT2D eigenvalue weighted by Gasteiger charge is -2.32. The highest BCUT2D eigenvalue weighted by atomic mass is 16.6. The number of carbonyl (C=O) groups is 1. The standard InChI is InChI=1S/C21H34N4O3/c1-5-27-21(26)25-12-10-18(11-13-25)24-20(22-4)23-14-17-6-8-19(9-7-17)28-15-16(2)3/h6-9,16,18H,5,10-15H2,1-4H3,(H2,22,23,24). The van der Waals surface area contributed by atoms with E-state index >= 15 is 0 Å². The van der Waals surface area contributed by atoms with Gasteiger partial charge in [0.05, 0.1) is 13.2 Å². The molecule has 2 rings (SSSR count). The van der Waals surface area contributed by atoms with Crippen molar-refractivity contribution in [2.45, 2.75) is 46.2 Å². The van der Waals surface area contributed by atoms with Gasteiger partial charge in [0.15, 0.2) is 5.96 Å². The number of amides is 1. The summed E-state index contributed by atoms with van der Waals surface area (Å²) in [5.41, 5.74) is 1.16. The van der Waals surface area contributed by atoms with Gasteiger partial charge in [-0.15, -0.1) is 0 Å². The molecule has 1 aromatic rings. The van der Waals surface area contributed by atoms with Crippen molar-refractivity contribution in [3.63, 3.8) is 0 Å². The number of rotatable bonds is 7. The Morgan fingerprint density at radius 2 is 1.93 bits per heavy atom. The number of hydrogen-bond donors (Lipinski definition) is 2. The number of ether oxygens (including phenoxy) is 2. The number of hydrogen-bond acceptors (Lipinski definition) is 4. The van der Waals surface area contributed by atoms with Crippen molar-refractivity contribution in [1.29, 1.82) is 0 Å². The Kier molecular flexibility index (Phi) is 8.91. The predicted molar refractivity (Wildman–Crippen MR) is 112 cm³/mol. The molecule has 0 radical (unpaired) electrons. The first-order valence-corrected chi connectivity index (χ1v) is 10.1. The molecule has 0 atom stereocenters. The third-order valence-corrected chi connectivity index (χ3v) is 4.55. The Hall–Kier alpha value is -2.44. The first-order chi connectivity index (χ1) is 13.5. The molecule has 7 heteroatoms. The van der Waals surface area contributed by atoms with Crippen LogP contribution >= 0.6 is 0 Å². The van der Waals surface area contributed by atoms with Crippen molar-refractivity contribution < 1.29 is 14.3 Å². The van der Waals surface area contributed by atoms with E-state index in [0.717, 1.165) is 36.7 Å². The predicted octanol–water partition coefficient (Wildman–Crippen LogP) is 3.01. The van der Waals surface area contributed by atoms with Gasteiger partial charge in [-0.2, -0.15) is 0 Å². The van der Waals surface area contributed by atoms with E-state index in [1.807, 2.05) is 19.1 Å². The quantitative estimate of drug-likeness (QED) is 0.553. The molecule has 1 aliphatic rings. The average molecular weight is 391 g/mol. The minimum Gasteiger partial charge on any atom is -0.493 e. The summed E-state index contributed by atoms with van der Waals surface area (Å²) in [5.74, 6) is 2.18. The van der Waals surface area contributed by atoms with Crippen LogP contribution in [0.3, 0.4) is 0 Å². The van der Waals surface area contributed by atoms with Crippen molar-refractivity contribution in [1.82, 2.24) is 15.5 Å². The van der Waals surface area contributed by atoms with Crippen LogP contribution in [-0.4, -0.2) is 56.3 Å². The maximum Gasteiger partial charge on any atom is 0.409 e. The van der Waals surface area contributed by atoms with Gasteiger partial charge in [0.2, 0.25) is 0 Å².